The van der Waals surface area contributed by atoms with Gasteiger partial charge in [-0.1, -0.05) is 12.8 Å². The highest BCUT2D eigenvalue weighted by Crippen LogP contribution is 2.24. The molecule has 1 heterocycles. The Morgan fingerprint density at radius 2 is 2.00 bits per heavy atom. The van der Waals surface area contributed by atoms with Gasteiger partial charge in [-0.3, -0.25) is 4.90 Å². The van der Waals surface area contributed by atoms with E-state index in [-0.39, 0.29) is 6.61 Å². The molecule has 1 saturated heterocycles. The van der Waals surface area contributed by atoms with Crippen LogP contribution in [0.25, 0.3) is 0 Å². The Balaban J connectivity index is 1.80. The highest BCUT2D eigenvalue weighted by Gasteiger charge is 2.25. The molecule has 2 rings (SSSR count). The summed E-state index contributed by atoms with van der Waals surface area (Å²) in [5.41, 5.74) is 0. The molecule has 0 aromatic carbocycles. The Bertz CT molecular complexity index is 189. The van der Waals surface area contributed by atoms with Crippen molar-refractivity contribution in [2.24, 2.45) is 0 Å². The van der Waals surface area contributed by atoms with Crippen molar-refractivity contribution in [2.75, 3.05) is 33.1 Å². The number of ether oxygens (including phenoxy) is 2. The maximum atomic E-state index is 9.12. The molecule has 2 fully saturated rings. The molecule has 1 aliphatic heterocycles. The van der Waals surface area contributed by atoms with Crippen LogP contribution in [0.4, 0.5) is 0 Å². The Morgan fingerprint density at radius 3 is 2.62 bits per heavy atom. The van der Waals surface area contributed by atoms with Crippen molar-refractivity contribution in [1.29, 1.82) is 0 Å². The van der Waals surface area contributed by atoms with E-state index in [1.54, 1.807) is 0 Å². The van der Waals surface area contributed by atoms with Crippen LogP contribution in [0, 0.1) is 0 Å². The second-order valence-corrected chi connectivity index (χ2v) is 4.76. The third kappa shape index (κ3) is 3.42. The van der Waals surface area contributed by atoms with E-state index < -0.39 is 0 Å². The predicted molar refractivity (Wildman–Crippen MR) is 61.2 cm³/mol. The van der Waals surface area contributed by atoms with Gasteiger partial charge in [0, 0.05) is 19.1 Å². The molecular formula is C12H23NO3. The number of nitrogens with zero attached hydrogens (tertiary/aromatic N) is 1. The highest BCUT2D eigenvalue weighted by molar-refractivity contribution is 4.79. The van der Waals surface area contributed by atoms with Crippen LogP contribution < -0.4 is 0 Å². The molecule has 0 aromatic heterocycles. The maximum absolute atomic E-state index is 9.12. The third-order valence-electron chi connectivity index (χ3n) is 3.64. The van der Waals surface area contributed by atoms with Gasteiger partial charge in [0.15, 0.2) is 0 Å². The van der Waals surface area contributed by atoms with Crippen LogP contribution in [-0.4, -0.2) is 55.2 Å². The van der Waals surface area contributed by atoms with E-state index in [1.165, 1.54) is 25.7 Å². The van der Waals surface area contributed by atoms with Crippen LogP contribution in [0.5, 0.6) is 0 Å². The van der Waals surface area contributed by atoms with E-state index in [0.29, 0.717) is 18.9 Å². The quantitative estimate of drug-likeness (QED) is 0.763. The molecule has 1 atom stereocenters. The third-order valence-corrected chi connectivity index (χ3v) is 3.64. The molecule has 0 bridgehead atoms. The first kappa shape index (κ1) is 12.3. The molecule has 1 saturated carbocycles. The van der Waals surface area contributed by atoms with Gasteiger partial charge in [-0.2, -0.15) is 0 Å². The van der Waals surface area contributed by atoms with Crippen molar-refractivity contribution in [3.05, 3.63) is 0 Å². The fraction of sp³-hybridized carbons (Fsp3) is 1.00. The smallest absolute Gasteiger partial charge is 0.147 e. The van der Waals surface area contributed by atoms with Gasteiger partial charge in [-0.15, -0.1) is 0 Å². The fourth-order valence-corrected chi connectivity index (χ4v) is 2.73. The van der Waals surface area contributed by atoms with E-state index in [2.05, 4.69) is 4.90 Å². The molecule has 4 nitrogen and oxygen atoms in total. The molecule has 0 aromatic rings. The Morgan fingerprint density at radius 1 is 1.19 bits per heavy atom. The summed E-state index contributed by atoms with van der Waals surface area (Å²) in [6.07, 6.45) is 6.50. The summed E-state index contributed by atoms with van der Waals surface area (Å²) in [5.74, 6) is 0. The van der Waals surface area contributed by atoms with Crippen LogP contribution in [-0.2, 0) is 9.47 Å². The van der Waals surface area contributed by atoms with Gasteiger partial charge in [0.2, 0.25) is 0 Å². The van der Waals surface area contributed by atoms with Crippen molar-refractivity contribution < 1.29 is 14.6 Å². The molecular weight excluding hydrogens is 206 g/mol. The fourth-order valence-electron chi connectivity index (χ4n) is 2.73. The van der Waals surface area contributed by atoms with Gasteiger partial charge < -0.3 is 14.6 Å². The molecule has 1 aliphatic carbocycles. The van der Waals surface area contributed by atoms with Crippen molar-refractivity contribution in [2.45, 2.75) is 44.2 Å². The average Bonchev–Trinajstić information content (AvgIpc) is 2.83. The molecule has 94 valence electrons. The second-order valence-electron chi connectivity index (χ2n) is 4.76. The number of rotatable bonds is 5. The molecule has 2 aliphatic rings. The van der Waals surface area contributed by atoms with Gasteiger partial charge in [-0.25, -0.2) is 0 Å². The Kier molecular flexibility index (Phi) is 5.03. The number of hydrogen-bond acceptors (Lipinski definition) is 4. The first-order chi connectivity index (χ1) is 7.90. The lowest BCUT2D eigenvalue weighted by Gasteiger charge is -2.33. The first-order valence-electron chi connectivity index (χ1n) is 6.44. The van der Waals surface area contributed by atoms with Crippen LogP contribution >= 0.6 is 0 Å². The SMILES string of the molecule is OCCN(CC1CCOCO1)C1CCCC1. The van der Waals surface area contributed by atoms with E-state index in [4.69, 9.17) is 14.6 Å². The minimum atomic E-state index is 0.250. The lowest BCUT2D eigenvalue weighted by Crippen LogP contribution is -2.43. The van der Waals surface area contributed by atoms with Gasteiger partial charge in [-0.05, 0) is 19.3 Å². The minimum absolute atomic E-state index is 0.250. The van der Waals surface area contributed by atoms with Crippen LogP contribution in [0.15, 0.2) is 0 Å². The number of aliphatic hydroxyl groups is 1. The summed E-state index contributed by atoms with van der Waals surface area (Å²) in [5, 5.41) is 9.12. The van der Waals surface area contributed by atoms with Crippen LogP contribution in [0.3, 0.4) is 0 Å². The summed E-state index contributed by atoms with van der Waals surface area (Å²) in [7, 11) is 0. The van der Waals surface area contributed by atoms with Gasteiger partial charge in [0.25, 0.3) is 0 Å². The molecule has 1 N–H and O–H groups in total. The molecule has 0 spiro atoms. The molecule has 0 radical (unpaired) electrons. The summed E-state index contributed by atoms with van der Waals surface area (Å²) >= 11 is 0. The van der Waals surface area contributed by atoms with Crippen molar-refractivity contribution in [3.63, 3.8) is 0 Å². The first-order valence-corrected chi connectivity index (χ1v) is 6.44. The lowest BCUT2D eigenvalue weighted by atomic mass is 10.1. The summed E-state index contributed by atoms with van der Waals surface area (Å²) < 4.78 is 10.7. The van der Waals surface area contributed by atoms with E-state index in [9.17, 15) is 0 Å². The molecule has 1 unspecified atom stereocenters. The van der Waals surface area contributed by atoms with Crippen LogP contribution in [0.2, 0.25) is 0 Å². The zero-order valence-corrected chi connectivity index (χ0v) is 9.94. The van der Waals surface area contributed by atoms with E-state index >= 15 is 0 Å². The zero-order valence-electron chi connectivity index (χ0n) is 9.94. The van der Waals surface area contributed by atoms with E-state index in [0.717, 1.165) is 26.1 Å². The number of aliphatic hydroxyl groups excluding tert-OH is 1. The zero-order chi connectivity index (χ0) is 11.2. The standard InChI is InChI=1S/C12H23NO3/c14-7-6-13(11-3-1-2-4-11)9-12-5-8-15-10-16-12/h11-12,14H,1-10H2. The largest absolute Gasteiger partial charge is 0.395 e. The van der Waals surface area contributed by atoms with Gasteiger partial charge >= 0.3 is 0 Å². The maximum Gasteiger partial charge on any atom is 0.147 e. The molecule has 0 amide bonds. The number of hydrogen-bond donors (Lipinski definition) is 1. The van der Waals surface area contributed by atoms with Crippen molar-refractivity contribution in [1.82, 2.24) is 4.90 Å². The predicted octanol–water partition coefficient (Wildman–Crippen LogP) is 0.986. The summed E-state index contributed by atoms with van der Waals surface area (Å²) in [6.45, 7) is 3.23. The van der Waals surface area contributed by atoms with E-state index in [1.807, 2.05) is 0 Å². The van der Waals surface area contributed by atoms with Gasteiger partial charge in [0.1, 0.15) is 6.79 Å². The molecule has 16 heavy (non-hydrogen) atoms. The minimum Gasteiger partial charge on any atom is -0.395 e. The van der Waals surface area contributed by atoms with Crippen LogP contribution in [0.1, 0.15) is 32.1 Å². The Labute approximate surface area is 97.5 Å². The topological polar surface area (TPSA) is 41.9 Å². The summed E-state index contributed by atoms with van der Waals surface area (Å²) in [4.78, 5) is 2.41. The average molecular weight is 229 g/mol. The van der Waals surface area contributed by atoms with Crippen molar-refractivity contribution >= 4 is 0 Å². The summed E-state index contributed by atoms with van der Waals surface area (Å²) in [6, 6.07) is 0.665. The lowest BCUT2D eigenvalue weighted by molar-refractivity contribution is -0.146. The second kappa shape index (κ2) is 6.55. The van der Waals surface area contributed by atoms with Crippen molar-refractivity contribution in [3.8, 4) is 0 Å². The monoisotopic (exact) mass is 229 g/mol. The Hall–Kier alpha value is -0.160. The normalized spacial score (nSPS) is 27.8. The van der Waals surface area contributed by atoms with Gasteiger partial charge in [0.05, 0.1) is 19.3 Å². The molecule has 4 heteroatoms. The highest BCUT2D eigenvalue weighted by atomic mass is 16.7.